The third-order valence-corrected chi connectivity index (χ3v) is 5.10. The predicted octanol–water partition coefficient (Wildman–Crippen LogP) is 1.23. The molecule has 1 fully saturated rings. The molecule has 2 aliphatic heterocycles. The van der Waals surface area contributed by atoms with Crippen molar-refractivity contribution in [2.75, 3.05) is 25.0 Å². The van der Waals surface area contributed by atoms with E-state index in [0.29, 0.717) is 32.5 Å². The molecule has 0 aliphatic carbocycles. The lowest BCUT2D eigenvalue weighted by Crippen LogP contribution is -2.50. The number of carbonyl (C=O) groups excluding carboxylic acids is 2. The number of rotatable bonds is 3. The van der Waals surface area contributed by atoms with Crippen LogP contribution in [0.4, 0.5) is 5.69 Å². The molecule has 26 heavy (non-hydrogen) atoms. The number of amides is 2. The molecule has 4 rings (SSSR count). The van der Waals surface area contributed by atoms with Gasteiger partial charge in [-0.25, -0.2) is 0 Å². The van der Waals surface area contributed by atoms with E-state index in [-0.39, 0.29) is 11.8 Å². The molecule has 7 heteroatoms. The van der Waals surface area contributed by atoms with Gasteiger partial charge in [-0.1, -0.05) is 12.1 Å². The Balaban J connectivity index is 1.46. The van der Waals surface area contributed by atoms with Crippen LogP contribution in [-0.4, -0.2) is 46.2 Å². The van der Waals surface area contributed by atoms with Crippen LogP contribution >= 0.6 is 0 Å². The lowest BCUT2D eigenvalue weighted by atomic mass is 9.96. The fraction of sp³-hybridized carbons (Fsp3) is 0.421. The zero-order chi connectivity index (χ0) is 18.3. The van der Waals surface area contributed by atoms with Gasteiger partial charge in [0.05, 0.1) is 32.2 Å². The molecule has 1 saturated heterocycles. The van der Waals surface area contributed by atoms with Crippen LogP contribution in [0.3, 0.4) is 0 Å². The van der Waals surface area contributed by atoms with Crippen LogP contribution in [0.2, 0.25) is 0 Å². The third-order valence-electron chi connectivity index (χ3n) is 5.10. The summed E-state index contributed by atoms with van der Waals surface area (Å²) in [7, 11) is 1.87. The largest absolute Gasteiger partial charge is 0.367 e. The van der Waals surface area contributed by atoms with Crippen molar-refractivity contribution in [1.82, 2.24) is 14.7 Å². The van der Waals surface area contributed by atoms with Crippen LogP contribution in [0, 0.1) is 0 Å². The lowest BCUT2D eigenvalue weighted by Gasteiger charge is -2.40. The van der Waals surface area contributed by atoms with E-state index in [0.717, 1.165) is 22.4 Å². The van der Waals surface area contributed by atoms with Crippen LogP contribution < -0.4 is 5.32 Å². The molecular weight excluding hydrogens is 332 g/mol. The molecular formula is C19H22N4O3. The van der Waals surface area contributed by atoms with Gasteiger partial charge in [0.25, 0.3) is 0 Å². The van der Waals surface area contributed by atoms with Crippen molar-refractivity contribution in [3.8, 4) is 0 Å². The first-order valence-corrected chi connectivity index (χ1v) is 8.75. The Morgan fingerprint density at radius 2 is 2.27 bits per heavy atom. The van der Waals surface area contributed by atoms with Crippen LogP contribution in [0.25, 0.3) is 0 Å². The topological polar surface area (TPSA) is 76.5 Å². The number of ether oxygens (including phenoxy) is 1. The molecule has 7 nitrogen and oxygen atoms in total. The molecule has 0 bridgehead atoms. The van der Waals surface area contributed by atoms with Gasteiger partial charge in [0, 0.05) is 31.0 Å². The normalized spacial score (nSPS) is 22.2. The van der Waals surface area contributed by atoms with Gasteiger partial charge >= 0.3 is 0 Å². The number of aryl methyl sites for hydroxylation is 1. The highest BCUT2D eigenvalue weighted by Crippen LogP contribution is 2.30. The van der Waals surface area contributed by atoms with E-state index in [1.807, 2.05) is 43.3 Å². The van der Waals surface area contributed by atoms with Crippen LogP contribution in [-0.2, 0) is 39.8 Å². The number of hydrogen-bond acceptors (Lipinski definition) is 4. The molecule has 1 aromatic heterocycles. The highest BCUT2D eigenvalue weighted by Gasteiger charge is 2.36. The average Bonchev–Trinajstić information content (AvgIpc) is 3.19. The highest BCUT2D eigenvalue weighted by molar-refractivity contribution is 5.99. The van der Waals surface area contributed by atoms with E-state index in [4.69, 9.17) is 4.74 Å². The summed E-state index contributed by atoms with van der Waals surface area (Å²) in [4.78, 5) is 26.1. The first-order chi connectivity index (χ1) is 12.4. The first kappa shape index (κ1) is 16.8. The van der Waals surface area contributed by atoms with E-state index in [1.165, 1.54) is 0 Å². The summed E-state index contributed by atoms with van der Waals surface area (Å²) in [5.41, 5.74) is 3.14. The Hall–Kier alpha value is -2.67. The smallest absolute Gasteiger partial charge is 0.228 e. The van der Waals surface area contributed by atoms with E-state index in [9.17, 15) is 9.59 Å². The lowest BCUT2D eigenvalue weighted by molar-refractivity contribution is -0.149. The zero-order valence-electron chi connectivity index (χ0n) is 15.0. The quantitative estimate of drug-likeness (QED) is 0.900. The monoisotopic (exact) mass is 354 g/mol. The van der Waals surface area contributed by atoms with Gasteiger partial charge in [0.2, 0.25) is 11.8 Å². The van der Waals surface area contributed by atoms with Crippen LogP contribution in [0.15, 0.2) is 30.6 Å². The maximum atomic E-state index is 12.8. The second-order valence-corrected chi connectivity index (χ2v) is 7.19. The number of benzene rings is 1. The molecule has 3 heterocycles. The summed E-state index contributed by atoms with van der Waals surface area (Å²) in [5.74, 6) is 0.0663. The Labute approximate surface area is 151 Å². The van der Waals surface area contributed by atoms with Gasteiger partial charge in [-0.3, -0.25) is 14.3 Å². The minimum atomic E-state index is -0.548. The van der Waals surface area contributed by atoms with Crippen molar-refractivity contribution < 1.29 is 14.3 Å². The Bertz CT molecular complexity index is 875. The van der Waals surface area contributed by atoms with Crippen LogP contribution in [0.5, 0.6) is 0 Å². The van der Waals surface area contributed by atoms with Crippen molar-refractivity contribution >= 4 is 17.5 Å². The van der Waals surface area contributed by atoms with Crippen molar-refractivity contribution in [1.29, 1.82) is 0 Å². The number of carbonyl (C=O) groups is 2. The van der Waals surface area contributed by atoms with Gasteiger partial charge in [-0.05, 0) is 24.1 Å². The van der Waals surface area contributed by atoms with E-state index in [2.05, 4.69) is 10.4 Å². The van der Waals surface area contributed by atoms with E-state index in [1.54, 1.807) is 10.9 Å². The Kier molecular flexibility index (Phi) is 4.03. The van der Waals surface area contributed by atoms with Crippen LogP contribution in [0.1, 0.15) is 23.6 Å². The summed E-state index contributed by atoms with van der Waals surface area (Å²) in [6.45, 7) is 3.57. The number of aromatic nitrogens is 2. The van der Waals surface area contributed by atoms with Gasteiger partial charge < -0.3 is 15.0 Å². The van der Waals surface area contributed by atoms with E-state index >= 15 is 0 Å². The van der Waals surface area contributed by atoms with E-state index < -0.39 is 5.60 Å². The van der Waals surface area contributed by atoms with Crippen molar-refractivity contribution in [2.45, 2.75) is 25.4 Å². The molecule has 0 spiro atoms. The van der Waals surface area contributed by atoms with Gasteiger partial charge in [-0.15, -0.1) is 0 Å². The molecule has 2 aromatic rings. The maximum absolute atomic E-state index is 12.8. The summed E-state index contributed by atoms with van der Waals surface area (Å²) in [5, 5.41) is 7.05. The maximum Gasteiger partial charge on any atom is 0.228 e. The number of fused-ring (bicyclic) bond motifs is 1. The molecule has 1 atom stereocenters. The molecule has 2 amide bonds. The second-order valence-electron chi connectivity index (χ2n) is 7.19. The first-order valence-electron chi connectivity index (χ1n) is 8.75. The van der Waals surface area contributed by atoms with Gasteiger partial charge in [0.1, 0.15) is 5.60 Å². The minimum absolute atomic E-state index is 0.00360. The number of nitrogens with zero attached hydrogens (tertiary/aromatic N) is 3. The fourth-order valence-corrected chi connectivity index (χ4v) is 3.61. The molecule has 1 N–H and O–H groups in total. The number of hydrogen-bond donors (Lipinski definition) is 1. The second kappa shape index (κ2) is 6.25. The average molecular weight is 354 g/mol. The predicted molar refractivity (Wildman–Crippen MR) is 95.6 cm³/mol. The molecule has 0 saturated carbocycles. The minimum Gasteiger partial charge on any atom is -0.367 e. The highest BCUT2D eigenvalue weighted by atomic mass is 16.5. The zero-order valence-corrected chi connectivity index (χ0v) is 15.0. The molecule has 1 unspecified atom stereocenters. The summed E-state index contributed by atoms with van der Waals surface area (Å²) in [6, 6.07) is 5.76. The summed E-state index contributed by atoms with van der Waals surface area (Å²) < 4.78 is 7.71. The fourth-order valence-electron chi connectivity index (χ4n) is 3.61. The Morgan fingerprint density at radius 1 is 1.42 bits per heavy atom. The SMILES string of the molecule is Cn1cc(C2(C)CN(C(=O)Cc3ccc4c(c3)NC(=O)C4)CCO2)cn1. The van der Waals surface area contributed by atoms with Crippen molar-refractivity contribution in [2.24, 2.45) is 7.05 Å². The number of morpholine rings is 1. The molecule has 2 aliphatic rings. The van der Waals surface area contributed by atoms with Gasteiger partial charge in [-0.2, -0.15) is 5.10 Å². The number of anilines is 1. The standard InChI is InChI=1S/C19H22N4O3/c1-19(15-10-20-22(2)11-15)12-23(5-6-26-19)18(25)8-13-3-4-14-9-17(24)21-16(14)7-13/h3-4,7,10-11H,5-6,8-9,12H2,1-2H3,(H,21,24). The Morgan fingerprint density at radius 3 is 3.04 bits per heavy atom. The molecule has 1 aromatic carbocycles. The summed E-state index contributed by atoms with van der Waals surface area (Å²) in [6.07, 6.45) is 4.44. The molecule has 0 radical (unpaired) electrons. The molecule has 136 valence electrons. The summed E-state index contributed by atoms with van der Waals surface area (Å²) >= 11 is 0. The number of nitrogens with one attached hydrogen (secondary N) is 1. The van der Waals surface area contributed by atoms with Crippen molar-refractivity contribution in [3.63, 3.8) is 0 Å². The van der Waals surface area contributed by atoms with Crippen molar-refractivity contribution in [3.05, 3.63) is 47.3 Å². The van der Waals surface area contributed by atoms with Gasteiger partial charge in [0.15, 0.2) is 0 Å². The third kappa shape index (κ3) is 3.10.